The summed E-state index contributed by atoms with van der Waals surface area (Å²) in [5.41, 5.74) is 5.16. The molecule has 1 amide bonds. The minimum absolute atomic E-state index is 0.0501. The normalized spacial score (nSPS) is 13.9. The van der Waals surface area contributed by atoms with Gasteiger partial charge >= 0.3 is 0 Å². The summed E-state index contributed by atoms with van der Waals surface area (Å²) in [6.07, 6.45) is 0.474. The van der Waals surface area contributed by atoms with Gasteiger partial charge in [0.2, 0.25) is 15.9 Å². The fourth-order valence-electron chi connectivity index (χ4n) is 0.566. The second kappa shape index (κ2) is 4.42. The van der Waals surface area contributed by atoms with E-state index in [-0.39, 0.29) is 5.75 Å². The number of carbonyl (C=O) groups is 1. The maximum absolute atomic E-state index is 11.0. The SMILES string of the molecule is CCCS(=O)(=O)NC(=O)C(C)N. The van der Waals surface area contributed by atoms with Crippen molar-refractivity contribution in [3.63, 3.8) is 0 Å². The molecule has 0 heterocycles. The first-order chi connectivity index (χ1) is 5.39. The van der Waals surface area contributed by atoms with Gasteiger partial charge in [0.1, 0.15) is 0 Å². The molecule has 12 heavy (non-hydrogen) atoms. The Balaban J connectivity index is 4.17. The molecule has 1 atom stereocenters. The highest BCUT2D eigenvalue weighted by atomic mass is 32.2. The highest BCUT2D eigenvalue weighted by molar-refractivity contribution is 7.90. The van der Waals surface area contributed by atoms with E-state index in [4.69, 9.17) is 5.73 Å². The van der Waals surface area contributed by atoms with Crippen molar-refractivity contribution in [3.8, 4) is 0 Å². The zero-order valence-electron chi connectivity index (χ0n) is 7.20. The van der Waals surface area contributed by atoms with Crippen molar-refractivity contribution in [1.29, 1.82) is 0 Å². The molecule has 0 aromatic rings. The number of carbonyl (C=O) groups excluding carboxylic acids is 1. The molecule has 0 aliphatic carbocycles. The third-order valence-electron chi connectivity index (χ3n) is 1.14. The van der Waals surface area contributed by atoms with Crippen LogP contribution in [0.5, 0.6) is 0 Å². The summed E-state index contributed by atoms with van der Waals surface area (Å²) >= 11 is 0. The van der Waals surface area contributed by atoms with E-state index in [0.29, 0.717) is 6.42 Å². The van der Waals surface area contributed by atoms with E-state index in [1.807, 2.05) is 4.72 Å². The molecule has 0 aromatic carbocycles. The van der Waals surface area contributed by atoms with Crippen molar-refractivity contribution in [1.82, 2.24) is 4.72 Å². The molecule has 0 saturated carbocycles. The van der Waals surface area contributed by atoms with E-state index in [9.17, 15) is 13.2 Å². The van der Waals surface area contributed by atoms with Crippen molar-refractivity contribution in [2.45, 2.75) is 26.3 Å². The number of sulfonamides is 1. The molecule has 0 fully saturated rings. The van der Waals surface area contributed by atoms with E-state index < -0.39 is 22.0 Å². The van der Waals surface area contributed by atoms with Gasteiger partial charge in [0, 0.05) is 0 Å². The second-order valence-corrected chi connectivity index (χ2v) is 4.42. The second-order valence-electron chi connectivity index (χ2n) is 2.57. The lowest BCUT2D eigenvalue weighted by molar-refractivity contribution is -0.120. The molecule has 3 N–H and O–H groups in total. The first kappa shape index (κ1) is 11.4. The fourth-order valence-corrected chi connectivity index (χ4v) is 1.70. The van der Waals surface area contributed by atoms with Crippen LogP contribution in [0.3, 0.4) is 0 Å². The van der Waals surface area contributed by atoms with Crippen LogP contribution < -0.4 is 10.5 Å². The van der Waals surface area contributed by atoms with E-state index >= 15 is 0 Å². The predicted molar refractivity (Wildman–Crippen MR) is 45.9 cm³/mol. The van der Waals surface area contributed by atoms with Crippen LogP contribution in [0.25, 0.3) is 0 Å². The van der Waals surface area contributed by atoms with Crippen molar-refractivity contribution >= 4 is 15.9 Å². The van der Waals surface area contributed by atoms with Crippen molar-refractivity contribution < 1.29 is 13.2 Å². The molecular formula is C6H14N2O3S. The average Bonchev–Trinajstić information content (AvgIpc) is 1.85. The van der Waals surface area contributed by atoms with Gasteiger partial charge < -0.3 is 5.73 Å². The van der Waals surface area contributed by atoms with Gasteiger partial charge in [0.05, 0.1) is 11.8 Å². The van der Waals surface area contributed by atoms with E-state index in [0.717, 1.165) is 0 Å². The van der Waals surface area contributed by atoms with E-state index in [1.54, 1.807) is 6.92 Å². The third-order valence-corrected chi connectivity index (χ3v) is 2.60. The largest absolute Gasteiger partial charge is 0.320 e. The smallest absolute Gasteiger partial charge is 0.250 e. The van der Waals surface area contributed by atoms with Crippen LogP contribution >= 0.6 is 0 Å². The topological polar surface area (TPSA) is 89.3 Å². The summed E-state index contributed by atoms with van der Waals surface area (Å²) in [7, 11) is -3.46. The summed E-state index contributed by atoms with van der Waals surface area (Å²) < 4.78 is 23.8. The Hall–Kier alpha value is -0.620. The number of amides is 1. The van der Waals surface area contributed by atoms with Crippen LogP contribution in [0.2, 0.25) is 0 Å². The Kier molecular flexibility index (Phi) is 4.19. The van der Waals surface area contributed by atoms with Gasteiger partial charge in [-0.2, -0.15) is 0 Å². The molecule has 0 spiro atoms. The predicted octanol–water partition coefficient (Wildman–Crippen LogP) is -0.810. The maximum atomic E-state index is 11.0. The van der Waals surface area contributed by atoms with E-state index in [2.05, 4.69) is 0 Å². The monoisotopic (exact) mass is 194 g/mol. The molecule has 0 aromatic heterocycles. The van der Waals surface area contributed by atoms with Gasteiger partial charge in [0.15, 0.2) is 0 Å². The lowest BCUT2D eigenvalue weighted by Crippen LogP contribution is -2.42. The van der Waals surface area contributed by atoms with Crippen LogP contribution in [0.15, 0.2) is 0 Å². The molecule has 6 heteroatoms. The Labute approximate surface area is 72.4 Å². The minimum atomic E-state index is -3.46. The molecule has 0 rings (SSSR count). The molecule has 0 aliphatic rings. The number of hydrogen-bond donors (Lipinski definition) is 2. The highest BCUT2D eigenvalue weighted by Gasteiger charge is 2.15. The number of hydrogen-bond acceptors (Lipinski definition) is 4. The van der Waals surface area contributed by atoms with Crippen molar-refractivity contribution in [3.05, 3.63) is 0 Å². The van der Waals surface area contributed by atoms with Crippen LogP contribution in [0.4, 0.5) is 0 Å². The summed E-state index contributed by atoms with van der Waals surface area (Å²) in [6, 6.07) is -0.795. The van der Waals surface area contributed by atoms with Gasteiger partial charge in [-0.25, -0.2) is 8.42 Å². The maximum Gasteiger partial charge on any atom is 0.250 e. The van der Waals surface area contributed by atoms with Gasteiger partial charge in [-0.3, -0.25) is 9.52 Å². The Morgan fingerprint density at radius 2 is 2.08 bits per heavy atom. The van der Waals surface area contributed by atoms with Gasteiger partial charge in [0.25, 0.3) is 0 Å². The third kappa shape index (κ3) is 4.30. The quantitative estimate of drug-likeness (QED) is 0.612. The standard InChI is InChI=1S/C6H14N2O3S/c1-3-4-12(10,11)8-6(9)5(2)7/h5H,3-4,7H2,1-2H3,(H,8,9). The minimum Gasteiger partial charge on any atom is -0.320 e. The van der Waals surface area contributed by atoms with Crippen LogP contribution in [-0.4, -0.2) is 26.1 Å². The average molecular weight is 194 g/mol. The molecule has 0 radical (unpaired) electrons. The molecule has 0 bridgehead atoms. The molecule has 5 nitrogen and oxygen atoms in total. The summed E-state index contributed by atoms with van der Waals surface area (Å²) in [6.45, 7) is 3.15. The number of nitrogens with two attached hydrogens (primary N) is 1. The summed E-state index contributed by atoms with van der Waals surface area (Å²) in [5, 5.41) is 0. The first-order valence-electron chi connectivity index (χ1n) is 3.69. The highest BCUT2D eigenvalue weighted by Crippen LogP contribution is 1.89. The van der Waals surface area contributed by atoms with Crippen molar-refractivity contribution in [2.75, 3.05) is 5.75 Å². The van der Waals surface area contributed by atoms with Crippen molar-refractivity contribution in [2.24, 2.45) is 5.73 Å². The van der Waals surface area contributed by atoms with Gasteiger partial charge in [-0.1, -0.05) is 6.92 Å². The first-order valence-corrected chi connectivity index (χ1v) is 5.34. The number of nitrogens with one attached hydrogen (secondary N) is 1. The molecule has 0 saturated heterocycles. The zero-order valence-corrected chi connectivity index (χ0v) is 8.02. The van der Waals surface area contributed by atoms with Gasteiger partial charge in [-0.15, -0.1) is 0 Å². The summed E-state index contributed by atoms with van der Waals surface area (Å²) in [5.74, 6) is -0.714. The van der Waals surface area contributed by atoms with Crippen LogP contribution in [0, 0.1) is 0 Å². The lowest BCUT2D eigenvalue weighted by Gasteiger charge is -2.07. The molecule has 0 aliphatic heterocycles. The molecule has 1 unspecified atom stereocenters. The number of rotatable bonds is 4. The molecule has 72 valence electrons. The van der Waals surface area contributed by atoms with Crippen LogP contribution in [-0.2, 0) is 14.8 Å². The molecular weight excluding hydrogens is 180 g/mol. The fraction of sp³-hybridized carbons (Fsp3) is 0.833. The Bertz CT molecular complexity index is 246. The summed E-state index contributed by atoms with van der Waals surface area (Å²) in [4.78, 5) is 10.8. The Morgan fingerprint density at radius 3 is 2.42 bits per heavy atom. The Morgan fingerprint density at radius 1 is 1.58 bits per heavy atom. The van der Waals surface area contributed by atoms with Crippen LogP contribution in [0.1, 0.15) is 20.3 Å². The van der Waals surface area contributed by atoms with E-state index in [1.165, 1.54) is 6.92 Å². The zero-order chi connectivity index (χ0) is 9.78. The lowest BCUT2D eigenvalue weighted by atomic mass is 10.4. The van der Waals surface area contributed by atoms with Gasteiger partial charge in [-0.05, 0) is 13.3 Å².